The molecule has 1 atom stereocenters. The van der Waals surface area contributed by atoms with Crippen LogP contribution in [0.15, 0.2) is 4.99 Å². The van der Waals surface area contributed by atoms with Crippen LogP contribution in [0, 0.1) is 5.92 Å². The quantitative estimate of drug-likeness (QED) is 0.454. The van der Waals surface area contributed by atoms with Crippen LogP contribution in [0.1, 0.15) is 39.5 Å². The summed E-state index contributed by atoms with van der Waals surface area (Å²) in [6.07, 6.45) is 4.33. The first-order valence-electron chi connectivity index (χ1n) is 8.89. The minimum Gasteiger partial charge on any atom is -0.469 e. The van der Waals surface area contributed by atoms with E-state index in [9.17, 15) is 4.79 Å². The molecule has 1 unspecified atom stereocenters. The number of guanidine groups is 1. The third kappa shape index (κ3) is 5.09. The molecule has 1 aliphatic carbocycles. The maximum atomic E-state index is 11.6. The molecule has 132 valence electrons. The number of methoxy groups -OCH3 is 1. The number of nitrogens with one attached hydrogen (secondary N) is 1. The number of carbonyl (C=O) groups is 1. The Balaban J connectivity index is 1.87. The van der Waals surface area contributed by atoms with Crippen molar-refractivity contribution in [2.45, 2.75) is 51.6 Å². The molecule has 0 aromatic heterocycles. The van der Waals surface area contributed by atoms with Crippen LogP contribution in [-0.4, -0.2) is 74.1 Å². The van der Waals surface area contributed by atoms with Crippen LogP contribution >= 0.6 is 0 Å². The van der Waals surface area contributed by atoms with Crippen molar-refractivity contribution in [1.29, 1.82) is 0 Å². The fraction of sp³-hybridized carbons (Fsp3) is 0.882. The summed E-state index contributed by atoms with van der Waals surface area (Å²) in [5, 5.41) is 3.39. The highest BCUT2D eigenvalue weighted by atomic mass is 16.5. The van der Waals surface area contributed by atoms with Crippen molar-refractivity contribution in [2.24, 2.45) is 10.9 Å². The lowest BCUT2D eigenvalue weighted by Gasteiger charge is -2.33. The Kier molecular flexibility index (Phi) is 6.69. The summed E-state index contributed by atoms with van der Waals surface area (Å²) in [7, 11) is 3.67. The van der Waals surface area contributed by atoms with Crippen molar-refractivity contribution >= 4 is 11.9 Å². The van der Waals surface area contributed by atoms with Gasteiger partial charge in [0.1, 0.15) is 0 Å². The Morgan fingerprint density at radius 2 is 2.00 bits per heavy atom. The van der Waals surface area contributed by atoms with Crippen molar-refractivity contribution in [3.63, 3.8) is 0 Å². The van der Waals surface area contributed by atoms with E-state index < -0.39 is 0 Å². The summed E-state index contributed by atoms with van der Waals surface area (Å²) in [5.41, 5.74) is 0. The summed E-state index contributed by atoms with van der Waals surface area (Å²) in [4.78, 5) is 21.2. The Hall–Kier alpha value is -1.30. The van der Waals surface area contributed by atoms with Crippen molar-refractivity contribution in [2.75, 3.05) is 40.3 Å². The molecule has 0 aromatic carbocycles. The third-order valence-corrected chi connectivity index (χ3v) is 4.99. The molecule has 23 heavy (non-hydrogen) atoms. The molecule has 0 radical (unpaired) electrons. The van der Waals surface area contributed by atoms with E-state index >= 15 is 0 Å². The number of hydrogen-bond acceptors (Lipinski definition) is 4. The monoisotopic (exact) mass is 324 g/mol. The molecule has 1 heterocycles. The van der Waals surface area contributed by atoms with E-state index in [2.05, 4.69) is 36.0 Å². The van der Waals surface area contributed by atoms with Gasteiger partial charge in [-0.2, -0.15) is 0 Å². The SMILES string of the molecule is CCNC(=NCC(C)N(C)C1CC1)N1CCC(C(=O)OC)CC1. The number of aliphatic imine (C=N–C) groups is 1. The lowest BCUT2D eigenvalue weighted by atomic mass is 9.97. The van der Waals surface area contributed by atoms with E-state index in [1.54, 1.807) is 0 Å². The minimum atomic E-state index is -0.0775. The number of likely N-dealkylation sites (tertiary alicyclic amines) is 1. The molecule has 6 nitrogen and oxygen atoms in total. The summed E-state index contributed by atoms with van der Waals surface area (Å²) < 4.78 is 4.86. The summed E-state index contributed by atoms with van der Waals surface area (Å²) in [6.45, 7) is 7.73. The average molecular weight is 324 g/mol. The lowest BCUT2D eigenvalue weighted by molar-refractivity contribution is -0.146. The molecule has 0 bridgehead atoms. The van der Waals surface area contributed by atoms with Gasteiger partial charge < -0.3 is 15.0 Å². The molecule has 2 aliphatic rings. The van der Waals surface area contributed by atoms with Gasteiger partial charge in [0.25, 0.3) is 0 Å². The molecular formula is C17H32N4O2. The van der Waals surface area contributed by atoms with E-state index in [0.29, 0.717) is 6.04 Å². The number of likely N-dealkylation sites (N-methyl/N-ethyl adjacent to an activating group) is 1. The van der Waals surface area contributed by atoms with Gasteiger partial charge in [-0.15, -0.1) is 0 Å². The standard InChI is InChI=1S/C17H32N4O2/c1-5-18-17(19-12-13(2)20(3)15-6-7-15)21-10-8-14(9-11-21)16(22)23-4/h13-15H,5-12H2,1-4H3,(H,18,19). The van der Waals surface area contributed by atoms with Crippen LogP contribution in [0.5, 0.6) is 0 Å². The largest absolute Gasteiger partial charge is 0.469 e. The number of piperidine rings is 1. The van der Waals surface area contributed by atoms with Crippen molar-refractivity contribution < 1.29 is 9.53 Å². The fourth-order valence-corrected chi connectivity index (χ4v) is 3.11. The number of rotatable bonds is 6. The first-order valence-corrected chi connectivity index (χ1v) is 8.89. The van der Waals surface area contributed by atoms with E-state index in [4.69, 9.17) is 9.73 Å². The summed E-state index contributed by atoms with van der Waals surface area (Å²) in [5.74, 6) is 0.942. The molecule has 1 N–H and O–H groups in total. The third-order valence-electron chi connectivity index (χ3n) is 4.99. The number of carbonyl (C=O) groups excluding carboxylic acids is 1. The van der Waals surface area contributed by atoms with Crippen LogP contribution in [-0.2, 0) is 9.53 Å². The minimum absolute atomic E-state index is 0.0408. The Labute approximate surface area is 140 Å². The van der Waals surface area contributed by atoms with Crippen LogP contribution in [0.3, 0.4) is 0 Å². The van der Waals surface area contributed by atoms with E-state index in [-0.39, 0.29) is 11.9 Å². The van der Waals surface area contributed by atoms with Gasteiger partial charge in [0, 0.05) is 31.7 Å². The lowest BCUT2D eigenvalue weighted by Crippen LogP contribution is -2.47. The van der Waals surface area contributed by atoms with Crippen molar-refractivity contribution in [3.8, 4) is 0 Å². The first kappa shape index (κ1) is 18.0. The molecule has 2 rings (SSSR count). The summed E-state index contributed by atoms with van der Waals surface area (Å²) >= 11 is 0. The molecule has 1 saturated carbocycles. The van der Waals surface area contributed by atoms with Gasteiger partial charge in [0.15, 0.2) is 5.96 Å². The molecule has 1 saturated heterocycles. The maximum absolute atomic E-state index is 11.6. The second-order valence-corrected chi connectivity index (χ2v) is 6.72. The van der Waals surface area contributed by atoms with Crippen molar-refractivity contribution in [3.05, 3.63) is 0 Å². The van der Waals surface area contributed by atoms with E-state index in [0.717, 1.165) is 51.0 Å². The second-order valence-electron chi connectivity index (χ2n) is 6.72. The molecule has 0 amide bonds. The summed E-state index contributed by atoms with van der Waals surface area (Å²) in [6, 6.07) is 1.22. The second kappa shape index (κ2) is 8.52. The highest BCUT2D eigenvalue weighted by Crippen LogP contribution is 2.27. The van der Waals surface area contributed by atoms with E-state index in [1.165, 1.54) is 20.0 Å². The molecular weight excluding hydrogens is 292 g/mol. The molecule has 2 fully saturated rings. The zero-order valence-electron chi connectivity index (χ0n) is 15.0. The van der Waals surface area contributed by atoms with Gasteiger partial charge >= 0.3 is 5.97 Å². The van der Waals surface area contributed by atoms with E-state index in [1.807, 2.05) is 0 Å². The van der Waals surface area contributed by atoms with Gasteiger partial charge in [-0.25, -0.2) is 0 Å². The number of nitrogens with zero attached hydrogens (tertiary/aromatic N) is 3. The predicted molar refractivity (Wildman–Crippen MR) is 92.5 cm³/mol. The van der Waals surface area contributed by atoms with Crippen LogP contribution in [0.25, 0.3) is 0 Å². The Bertz CT molecular complexity index is 415. The van der Waals surface area contributed by atoms with Gasteiger partial charge in [-0.05, 0) is 46.6 Å². The zero-order valence-corrected chi connectivity index (χ0v) is 15.0. The topological polar surface area (TPSA) is 57.2 Å². The molecule has 0 spiro atoms. The molecule has 1 aliphatic heterocycles. The molecule has 6 heteroatoms. The number of hydrogen-bond donors (Lipinski definition) is 1. The maximum Gasteiger partial charge on any atom is 0.308 e. The first-order chi connectivity index (χ1) is 11.1. The number of ether oxygens (including phenoxy) is 1. The zero-order chi connectivity index (χ0) is 16.8. The molecule has 0 aromatic rings. The highest BCUT2D eigenvalue weighted by Gasteiger charge is 2.30. The fourth-order valence-electron chi connectivity index (χ4n) is 3.11. The van der Waals surface area contributed by atoms with Crippen LogP contribution < -0.4 is 5.32 Å². The van der Waals surface area contributed by atoms with Crippen LogP contribution in [0.2, 0.25) is 0 Å². The Morgan fingerprint density at radius 3 is 2.52 bits per heavy atom. The van der Waals surface area contributed by atoms with Gasteiger partial charge in [0.2, 0.25) is 0 Å². The smallest absolute Gasteiger partial charge is 0.308 e. The van der Waals surface area contributed by atoms with Gasteiger partial charge in [-0.3, -0.25) is 14.7 Å². The number of esters is 1. The van der Waals surface area contributed by atoms with Crippen molar-refractivity contribution in [1.82, 2.24) is 15.1 Å². The average Bonchev–Trinajstić information content (AvgIpc) is 3.42. The predicted octanol–water partition coefficient (Wildman–Crippen LogP) is 1.32. The normalized spacial score (nSPS) is 21.4. The highest BCUT2D eigenvalue weighted by molar-refractivity contribution is 5.80. The van der Waals surface area contributed by atoms with Crippen LogP contribution in [0.4, 0.5) is 0 Å². The van der Waals surface area contributed by atoms with Gasteiger partial charge in [0.05, 0.1) is 19.6 Å². The van der Waals surface area contributed by atoms with Gasteiger partial charge in [-0.1, -0.05) is 0 Å². The Morgan fingerprint density at radius 1 is 1.35 bits per heavy atom.